The highest BCUT2D eigenvalue weighted by Gasteiger charge is 2.23. The number of alkyl halides is 2. The van der Waals surface area contributed by atoms with Gasteiger partial charge in [0.15, 0.2) is 5.65 Å². The molecular formula is C20H18F3N5. The smallest absolute Gasteiger partial charge is 0.264 e. The van der Waals surface area contributed by atoms with Gasteiger partial charge in [0.05, 0.1) is 22.5 Å². The summed E-state index contributed by atoms with van der Waals surface area (Å²) in [4.78, 5) is 4.58. The SMILES string of the molecule is CCn1cc(-c2cc(C(F)F)c3c(C)nn(-c4ccccc4F)c3n2)c(C)n1. The Labute approximate surface area is 159 Å². The minimum Gasteiger partial charge on any atom is -0.272 e. The van der Waals surface area contributed by atoms with Gasteiger partial charge in [-0.3, -0.25) is 4.68 Å². The summed E-state index contributed by atoms with van der Waals surface area (Å²) >= 11 is 0. The van der Waals surface area contributed by atoms with Crippen LogP contribution in [0.25, 0.3) is 28.0 Å². The third kappa shape index (κ3) is 2.85. The van der Waals surface area contributed by atoms with Crippen molar-refractivity contribution in [2.45, 2.75) is 33.7 Å². The van der Waals surface area contributed by atoms with Crippen LogP contribution in [-0.4, -0.2) is 24.5 Å². The fourth-order valence-electron chi connectivity index (χ4n) is 3.36. The minimum absolute atomic E-state index is 0.159. The molecule has 1 aromatic carbocycles. The second kappa shape index (κ2) is 6.78. The van der Waals surface area contributed by atoms with Crippen molar-refractivity contribution in [1.29, 1.82) is 0 Å². The maximum atomic E-state index is 14.4. The van der Waals surface area contributed by atoms with E-state index in [1.54, 1.807) is 36.9 Å². The lowest BCUT2D eigenvalue weighted by molar-refractivity contribution is 0.153. The molecule has 0 atom stereocenters. The summed E-state index contributed by atoms with van der Waals surface area (Å²) in [6.45, 7) is 6.01. The first kappa shape index (κ1) is 18.2. The lowest BCUT2D eigenvalue weighted by Crippen LogP contribution is -2.02. The number of aromatic nitrogens is 5. The molecule has 0 saturated carbocycles. The lowest BCUT2D eigenvalue weighted by Gasteiger charge is -2.08. The van der Waals surface area contributed by atoms with E-state index in [0.29, 0.717) is 29.2 Å². The van der Waals surface area contributed by atoms with Crippen molar-refractivity contribution in [3.63, 3.8) is 0 Å². The topological polar surface area (TPSA) is 48.5 Å². The number of pyridine rings is 1. The van der Waals surface area contributed by atoms with E-state index >= 15 is 0 Å². The zero-order valence-corrected chi connectivity index (χ0v) is 15.6. The Hall–Kier alpha value is -3.16. The predicted octanol–water partition coefficient (Wildman–Crippen LogP) is 5.00. The Morgan fingerprint density at radius 1 is 1.07 bits per heavy atom. The molecule has 144 valence electrons. The van der Waals surface area contributed by atoms with Gasteiger partial charge in [-0.1, -0.05) is 12.1 Å². The van der Waals surface area contributed by atoms with Crippen molar-refractivity contribution in [2.24, 2.45) is 0 Å². The third-order valence-electron chi connectivity index (χ3n) is 4.71. The van der Waals surface area contributed by atoms with Gasteiger partial charge in [-0.2, -0.15) is 10.2 Å². The van der Waals surface area contributed by atoms with Gasteiger partial charge in [0.1, 0.15) is 11.5 Å². The number of halogens is 3. The van der Waals surface area contributed by atoms with Gasteiger partial charge >= 0.3 is 0 Å². The fourth-order valence-corrected chi connectivity index (χ4v) is 3.36. The van der Waals surface area contributed by atoms with Crippen LogP contribution in [0.5, 0.6) is 0 Å². The van der Waals surface area contributed by atoms with E-state index in [1.807, 2.05) is 6.92 Å². The van der Waals surface area contributed by atoms with Gasteiger partial charge < -0.3 is 0 Å². The molecule has 0 N–H and O–H groups in total. The van der Waals surface area contributed by atoms with Crippen molar-refractivity contribution in [3.05, 3.63) is 59.3 Å². The molecule has 8 heteroatoms. The molecular weight excluding hydrogens is 367 g/mol. The quantitative estimate of drug-likeness (QED) is 0.497. The molecule has 0 bridgehead atoms. The molecule has 0 aliphatic rings. The first-order valence-electron chi connectivity index (χ1n) is 8.88. The number of hydrogen-bond acceptors (Lipinski definition) is 3. The number of aryl methyl sites for hydroxylation is 3. The summed E-state index contributed by atoms with van der Waals surface area (Å²) in [6.07, 6.45) is -0.946. The number of para-hydroxylation sites is 1. The third-order valence-corrected chi connectivity index (χ3v) is 4.71. The van der Waals surface area contributed by atoms with Crippen LogP contribution in [0.2, 0.25) is 0 Å². The number of nitrogens with zero attached hydrogens (tertiary/aromatic N) is 5. The number of hydrogen-bond donors (Lipinski definition) is 0. The van der Waals surface area contributed by atoms with E-state index in [9.17, 15) is 13.2 Å². The van der Waals surface area contributed by atoms with E-state index in [2.05, 4.69) is 15.2 Å². The van der Waals surface area contributed by atoms with Crippen LogP contribution >= 0.6 is 0 Å². The zero-order chi connectivity index (χ0) is 20.0. The molecule has 0 radical (unpaired) electrons. The second-order valence-corrected chi connectivity index (χ2v) is 6.53. The molecule has 0 saturated heterocycles. The van der Waals surface area contributed by atoms with Gasteiger partial charge in [0.25, 0.3) is 6.43 Å². The van der Waals surface area contributed by atoms with Gasteiger partial charge in [0.2, 0.25) is 0 Å². The van der Waals surface area contributed by atoms with Crippen LogP contribution in [-0.2, 0) is 6.54 Å². The molecule has 5 nitrogen and oxygen atoms in total. The Morgan fingerprint density at radius 2 is 1.82 bits per heavy atom. The van der Waals surface area contributed by atoms with E-state index in [4.69, 9.17) is 0 Å². The van der Waals surface area contributed by atoms with Crippen molar-refractivity contribution in [3.8, 4) is 16.9 Å². The van der Waals surface area contributed by atoms with Crippen molar-refractivity contribution < 1.29 is 13.2 Å². The summed E-state index contributed by atoms with van der Waals surface area (Å²) in [5, 5.41) is 8.91. The Bertz CT molecular complexity index is 1180. The Kier molecular flexibility index (Phi) is 4.41. The van der Waals surface area contributed by atoms with Gasteiger partial charge in [-0.05, 0) is 39.0 Å². The summed E-state index contributed by atoms with van der Waals surface area (Å²) < 4.78 is 45.1. The highest BCUT2D eigenvalue weighted by Crippen LogP contribution is 2.34. The van der Waals surface area contributed by atoms with Gasteiger partial charge in [-0.15, -0.1) is 0 Å². The summed E-state index contributed by atoms with van der Waals surface area (Å²) in [7, 11) is 0. The van der Waals surface area contributed by atoms with Crippen LogP contribution in [0.1, 0.15) is 30.3 Å². The van der Waals surface area contributed by atoms with E-state index in [1.165, 1.54) is 22.9 Å². The van der Waals surface area contributed by atoms with Crippen molar-refractivity contribution in [2.75, 3.05) is 0 Å². The molecule has 4 rings (SSSR count). The number of benzene rings is 1. The Morgan fingerprint density at radius 3 is 2.46 bits per heavy atom. The van der Waals surface area contributed by atoms with Crippen molar-refractivity contribution in [1.82, 2.24) is 24.5 Å². The first-order valence-corrected chi connectivity index (χ1v) is 8.88. The standard InChI is InChI=1S/C20H18F3N5/c1-4-27-10-14(11(2)25-27)16-9-13(19(22)23)18-12(3)26-28(20(18)24-16)17-8-6-5-7-15(17)21/h5-10,19H,4H2,1-3H3. The largest absolute Gasteiger partial charge is 0.272 e. The van der Waals surface area contributed by atoms with E-state index in [0.717, 1.165) is 0 Å². The molecule has 0 fully saturated rings. The van der Waals surface area contributed by atoms with Crippen LogP contribution < -0.4 is 0 Å². The lowest BCUT2D eigenvalue weighted by atomic mass is 10.1. The molecule has 3 heterocycles. The van der Waals surface area contributed by atoms with Crippen molar-refractivity contribution >= 4 is 11.0 Å². The average molecular weight is 385 g/mol. The maximum Gasteiger partial charge on any atom is 0.264 e. The molecule has 0 unspecified atom stereocenters. The summed E-state index contributed by atoms with van der Waals surface area (Å²) in [5.74, 6) is -0.507. The van der Waals surface area contributed by atoms with E-state index in [-0.39, 0.29) is 22.3 Å². The van der Waals surface area contributed by atoms with Gasteiger partial charge in [0, 0.05) is 23.9 Å². The average Bonchev–Trinajstić information content (AvgIpc) is 3.21. The van der Waals surface area contributed by atoms with Gasteiger partial charge in [-0.25, -0.2) is 22.8 Å². The Balaban J connectivity index is 2.05. The molecule has 28 heavy (non-hydrogen) atoms. The molecule has 0 spiro atoms. The fraction of sp³-hybridized carbons (Fsp3) is 0.250. The predicted molar refractivity (Wildman–Crippen MR) is 100 cm³/mol. The summed E-state index contributed by atoms with van der Waals surface area (Å²) in [6, 6.07) is 7.43. The van der Waals surface area contributed by atoms with E-state index < -0.39 is 12.2 Å². The van der Waals surface area contributed by atoms with Crippen LogP contribution in [0.4, 0.5) is 13.2 Å². The molecule has 0 aliphatic heterocycles. The normalized spacial score (nSPS) is 11.7. The van der Waals surface area contributed by atoms with Crippen LogP contribution in [0, 0.1) is 19.7 Å². The number of rotatable bonds is 4. The van der Waals surface area contributed by atoms with Crippen LogP contribution in [0.15, 0.2) is 36.5 Å². The first-order chi connectivity index (χ1) is 13.4. The minimum atomic E-state index is -2.72. The number of fused-ring (bicyclic) bond motifs is 1. The highest BCUT2D eigenvalue weighted by atomic mass is 19.3. The molecule has 3 aromatic heterocycles. The monoisotopic (exact) mass is 385 g/mol. The highest BCUT2D eigenvalue weighted by molar-refractivity contribution is 5.86. The molecule has 0 aliphatic carbocycles. The zero-order valence-electron chi connectivity index (χ0n) is 15.6. The molecule has 4 aromatic rings. The second-order valence-electron chi connectivity index (χ2n) is 6.53. The maximum absolute atomic E-state index is 14.4. The molecule has 0 amide bonds. The summed E-state index contributed by atoms with van der Waals surface area (Å²) in [5.41, 5.74) is 2.24. The van der Waals surface area contributed by atoms with Crippen LogP contribution in [0.3, 0.4) is 0 Å².